The zero-order valence-corrected chi connectivity index (χ0v) is 17.1. The molecule has 2 aromatic rings. The van der Waals surface area contributed by atoms with Crippen LogP contribution in [0, 0.1) is 0 Å². The van der Waals surface area contributed by atoms with Crippen molar-refractivity contribution in [1.29, 1.82) is 0 Å². The van der Waals surface area contributed by atoms with Crippen molar-refractivity contribution in [3.63, 3.8) is 0 Å². The van der Waals surface area contributed by atoms with Gasteiger partial charge in [-0.3, -0.25) is 0 Å². The van der Waals surface area contributed by atoms with Crippen LogP contribution in [0.2, 0.25) is 0 Å². The maximum atomic E-state index is 11.4. The molecular weight excluding hydrogens is 304 g/mol. The third kappa shape index (κ3) is 3.21. The Kier molecular flexibility index (Phi) is 5.66. The highest BCUT2D eigenvalue weighted by atomic mass is 16.3. The van der Waals surface area contributed by atoms with E-state index in [1.165, 1.54) is 33.2 Å². The lowest BCUT2D eigenvalue weighted by molar-refractivity contribution is 0.450. The number of phenolic OH excluding ortho intramolecular Hbond substituents is 1. The van der Waals surface area contributed by atoms with Gasteiger partial charge in [-0.25, -0.2) is 0 Å². The monoisotopic (exact) mass is 338 g/mol. The molecule has 0 unspecified atom stereocenters. The lowest BCUT2D eigenvalue weighted by Gasteiger charge is -2.29. The fourth-order valence-electron chi connectivity index (χ4n) is 4.20. The predicted molar refractivity (Wildman–Crippen MR) is 112 cm³/mol. The van der Waals surface area contributed by atoms with Gasteiger partial charge in [-0.1, -0.05) is 67.2 Å². The molecule has 0 saturated carbocycles. The Hall–Kier alpha value is -1.76. The summed E-state index contributed by atoms with van der Waals surface area (Å²) in [5, 5.41) is 13.6. The summed E-state index contributed by atoms with van der Waals surface area (Å²) in [6.07, 6.45) is 3.75. The normalized spacial score (nSPS) is 12.0. The number of aromatic hydroxyl groups is 1. The fraction of sp³-hybridized carbons (Fsp3) is 0.500. The summed E-state index contributed by atoms with van der Waals surface area (Å²) in [6.45, 7) is 19.7. The fourth-order valence-corrected chi connectivity index (χ4v) is 4.20. The molecule has 0 aromatic heterocycles. The van der Waals surface area contributed by atoms with Gasteiger partial charge in [-0.15, -0.1) is 0 Å². The molecule has 0 aliphatic rings. The summed E-state index contributed by atoms with van der Waals surface area (Å²) in [7, 11) is 0. The maximum absolute atomic E-state index is 11.4. The first-order valence-electron chi connectivity index (χ1n) is 9.73. The van der Waals surface area contributed by atoms with Gasteiger partial charge in [-0.2, -0.15) is 0 Å². The highest BCUT2D eigenvalue weighted by Crippen LogP contribution is 2.46. The standard InChI is InChI=1S/C24H34O/c1-9-15(5)20-18(12-4)22(24(6,7)8)23(25)21-17(11-3)16(10-2)13-14-19(20)21/h13-14,25H,5,9-12H2,1-4,6-8H3. The zero-order chi connectivity index (χ0) is 18.9. The molecule has 0 heterocycles. The average Bonchev–Trinajstić information content (AvgIpc) is 2.58. The Balaban J connectivity index is 3.17. The van der Waals surface area contributed by atoms with E-state index in [0.29, 0.717) is 5.75 Å². The number of allylic oxidation sites excluding steroid dienone is 1. The first-order chi connectivity index (χ1) is 11.7. The molecule has 0 radical (unpaired) electrons. The second-order valence-corrected chi connectivity index (χ2v) is 7.97. The Morgan fingerprint density at radius 1 is 0.960 bits per heavy atom. The second kappa shape index (κ2) is 7.23. The van der Waals surface area contributed by atoms with Crippen LogP contribution in [-0.4, -0.2) is 5.11 Å². The van der Waals surface area contributed by atoms with Crippen molar-refractivity contribution < 1.29 is 5.11 Å². The van der Waals surface area contributed by atoms with Gasteiger partial charge >= 0.3 is 0 Å². The summed E-state index contributed by atoms with van der Waals surface area (Å²) in [4.78, 5) is 0. The van der Waals surface area contributed by atoms with Crippen LogP contribution in [0.5, 0.6) is 5.75 Å². The summed E-state index contributed by atoms with van der Waals surface area (Å²) in [5.74, 6) is 0.485. The minimum absolute atomic E-state index is 0.111. The quantitative estimate of drug-likeness (QED) is 0.625. The van der Waals surface area contributed by atoms with E-state index in [1.807, 2.05) is 0 Å². The highest BCUT2D eigenvalue weighted by molar-refractivity contribution is 6.02. The van der Waals surface area contributed by atoms with E-state index in [4.69, 9.17) is 0 Å². The Morgan fingerprint density at radius 2 is 1.56 bits per heavy atom. The van der Waals surface area contributed by atoms with Crippen LogP contribution in [0.1, 0.15) is 82.7 Å². The van der Waals surface area contributed by atoms with Gasteiger partial charge in [0.2, 0.25) is 0 Å². The topological polar surface area (TPSA) is 20.2 Å². The van der Waals surface area contributed by atoms with Crippen molar-refractivity contribution in [3.05, 3.63) is 46.5 Å². The number of phenols is 1. The number of benzene rings is 2. The summed E-state index contributed by atoms with van der Waals surface area (Å²) < 4.78 is 0. The predicted octanol–water partition coefficient (Wildman–Crippen LogP) is 6.95. The number of hydrogen-bond donors (Lipinski definition) is 1. The van der Waals surface area contributed by atoms with Crippen molar-refractivity contribution in [3.8, 4) is 5.75 Å². The van der Waals surface area contributed by atoms with Crippen molar-refractivity contribution in [2.24, 2.45) is 0 Å². The highest BCUT2D eigenvalue weighted by Gasteiger charge is 2.28. The van der Waals surface area contributed by atoms with Gasteiger partial charge in [0.1, 0.15) is 5.75 Å². The molecule has 0 aliphatic carbocycles. The SMILES string of the molecule is C=C(CC)c1c(CC)c(C(C)(C)C)c(O)c2c(CC)c(CC)ccc12. The van der Waals surface area contributed by atoms with Crippen molar-refractivity contribution >= 4 is 16.3 Å². The molecular formula is C24H34O. The molecule has 0 spiro atoms. The van der Waals surface area contributed by atoms with Crippen LogP contribution in [0.4, 0.5) is 0 Å². The van der Waals surface area contributed by atoms with E-state index < -0.39 is 0 Å². The first kappa shape index (κ1) is 19.6. The van der Waals surface area contributed by atoms with Gasteiger partial charge in [0, 0.05) is 10.9 Å². The molecule has 0 saturated heterocycles. The van der Waals surface area contributed by atoms with Gasteiger partial charge in [0.05, 0.1) is 0 Å². The minimum atomic E-state index is -0.111. The number of rotatable bonds is 5. The lowest BCUT2D eigenvalue weighted by Crippen LogP contribution is -2.17. The molecule has 1 N–H and O–H groups in total. The van der Waals surface area contributed by atoms with Gasteiger partial charge in [0.15, 0.2) is 0 Å². The van der Waals surface area contributed by atoms with E-state index in [0.717, 1.165) is 36.6 Å². The van der Waals surface area contributed by atoms with E-state index in [1.54, 1.807) is 0 Å². The molecule has 1 heteroatoms. The molecule has 0 fully saturated rings. The van der Waals surface area contributed by atoms with Crippen LogP contribution < -0.4 is 0 Å². The molecule has 25 heavy (non-hydrogen) atoms. The van der Waals surface area contributed by atoms with Gasteiger partial charge in [-0.05, 0) is 64.3 Å². The van der Waals surface area contributed by atoms with Crippen LogP contribution in [0.25, 0.3) is 16.3 Å². The van der Waals surface area contributed by atoms with Crippen LogP contribution >= 0.6 is 0 Å². The molecule has 0 bridgehead atoms. The third-order valence-corrected chi connectivity index (χ3v) is 5.37. The van der Waals surface area contributed by atoms with E-state index >= 15 is 0 Å². The number of fused-ring (bicyclic) bond motifs is 1. The van der Waals surface area contributed by atoms with Crippen molar-refractivity contribution in [2.45, 2.75) is 79.6 Å². The van der Waals surface area contributed by atoms with E-state index in [-0.39, 0.29) is 5.41 Å². The first-order valence-corrected chi connectivity index (χ1v) is 9.73. The third-order valence-electron chi connectivity index (χ3n) is 5.37. The van der Waals surface area contributed by atoms with Crippen LogP contribution in [0.3, 0.4) is 0 Å². The van der Waals surface area contributed by atoms with Crippen LogP contribution in [0.15, 0.2) is 18.7 Å². The molecule has 2 rings (SSSR count). The molecule has 0 atom stereocenters. The maximum Gasteiger partial charge on any atom is 0.127 e. The molecule has 2 aromatic carbocycles. The van der Waals surface area contributed by atoms with E-state index in [2.05, 4.69) is 67.2 Å². The molecule has 0 amide bonds. The molecule has 0 aliphatic heterocycles. The van der Waals surface area contributed by atoms with Crippen molar-refractivity contribution in [2.75, 3.05) is 0 Å². The Morgan fingerprint density at radius 3 is 2.00 bits per heavy atom. The van der Waals surface area contributed by atoms with Crippen LogP contribution in [-0.2, 0) is 24.7 Å². The number of hydrogen-bond acceptors (Lipinski definition) is 1. The average molecular weight is 339 g/mol. The smallest absolute Gasteiger partial charge is 0.127 e. The number of aryl methyl sites for hydroxylation is 2. The van der Waals surface area contributed by atoms with Crippen molar-refractivity contribution in [1.82, 2.24) is 0 Å². The molecule has 1 nitrogen and oxygen atoms in total. The van der Waals surface area contributed by atoms with E-state index in [9.17, 15) is 5.11 Å². The summed E-state index contributed by atoms with van der Waals surface area (Å²) in [5.41, 5.74) is 7.29. The second-order valence-electron chi connectivity index (χ2n) is 7.97. The zero-order valence-electron chi connectivity index (χ0n) is 17.1. The summed E-state index contributed by atoms with van der Waals surface area (Å²) in [6, 6.07) is 4.44. The Labute approximate surface area is 153 Å². The molecule has 136 valence electrons. The van der Waals surface area contributed by atoms with Gasteiger partial charge < -0.3 is 5.11 Å². The summed E-state index contributed by atoms with van der Waals surface area (Å²) >= 11 is 0. The Bertz CT molecular complexity index is 803. The van der Waals surface area contributed by atoms with Gasteiger partial charge in [0.25, 0.3) is 0 Å². The largest absolute Gasteiger partial charge is 0.507 e. The minimum Gasteiger partial charge on any atom is -0.507 e. The lowest BCUT2D eigenvalue weighted by atomic mass is 9.76.